The first-order valence-corrected chi connectivity index (χ1v) is 8.30. The summed E-state index contributed by atoms with van der Waals surface area (Å²) < 4.78 is 0. The molecule has 1 saturated heterocycles. The molecule has 1 amide bonds. The molecule has 124 valence electrons. The van der Waals surface area contributed by atoms with Gasteiger partial charge in [0.25, 0.3) is 5.91 Å². The largest absolute Gasteiger partial charge is 0.481 e. The number of carboxylic acid groups (broad SMARTS) is 1. The maximum atomic E-state index is 12.9. The van der Waals surface area contributed by atoms with Crippen molar-refractivity contribution in [1.29, 1.82) is 0 Å². The third-order valence-corrected chi connectivity index (χ3v) is 4.65. The lowest BCUT2D eigenvalue weighted by molar-refractivity contribution is -0.136. The fourth-order valence-electron chi connectivity index (χ4n) is 3.23. The molecule has 1 N–H and O–H groups in total. The molecule has 0 spiro atoms. The number of carboxylic acids is 1. The van der Waals surface area contributed by atoms with Crippen LogP contribution in [0.3, 0.4) is 0 Å². The number of benzene rings is 2. The fraction of sp³-hybridized carbons (Fsp3) is 0.263. The minimum absolute atomic E-state index is 0.0330. The number of carbonyl (C=O) groups excluding carboxylic acids is 1. The molecule has 0 saturated carbocycles. The molecule has 1 atom stereocenters. The van der Waals surface area contributed by atoms with Gasteiger partial charge in [-0.2, -0.15) is 0 Å². The highest BCUT2D eigenvalue weighted by Crippen LogP contribution is 2.36. The average Bonchev–Trinajstić information content (AvgIpc) is 3.03. The third-order valence-electron chi connectivity index (χ3n) is 4.31. The number of halogens is 1. The highest BCUT2D eigenvalue weighted by Gasteiger charge is 2.31. The Hall–Kier alpha value is -2.33. The molecular formula is C19H18ClNO3. The number of amides is 1. The van der Waals surface area contributed by atoms with Gasteiger partial charge in [0.2, 0.25) is 0 Å². The Bertz CT molecular complexity index is 775. The van der Waals surface area contributed by atoms with Crippen molar-refractivity contribution in [3.63, 3.8) is 0 Å². The Labute approximate surface area is 145 Å². The van der Waals surface area contributed by atoms with Crippen molar-refractivity contribution >= 4 is 23.5 Å². The Morgan fingerprint density at radius 1 is 1.17 bits per heavy atom. The topological polar surface area (TPSA) is 57.6 Å². The SMILES string of the molecule is O=C(O)Cc1cccc(C(=O)N2CCCC2c2ccccc2Cl)c1. The van der Waals surface area contributed by atoms with Crippen LogP contribution in [0.15, 0.2) is 48.5 Å². The van der Waals surface area contributed by atoms with E-state index in [0.717, 1.165) is 18.4 Å². The molecule has 2 aromatic rings. The van der Waals surface area contributed by atoms with Crippen molar-refractivity contribution in [3.05, 3.63) is 70.2 Å². The molecule has 0 aromatic heterocycles. The lowest BCUT2D eigenvalue weighted by Crippen LogP contribution is -2.30. The molecular weight excluding hydrogens is 326 g/mol. The van der Waals surface area contributed by atoms with Crippen molar-refractivity contribution in [1.82, 2.24) is 4.90 Å². The Morgan fingerprint density at radius 2 is 1.96 bits per heavy atom. The van der Waals surface area contributed by atoms with Crippen LogP contribution in [-0.4, -0.2) is 28.4 Å². The summed E-state index contributed by atoms with van der Waals surface area (Å²) >= 11 is 6.30. The summed E-state index contributed by atoms with van der Waals surface area (Å²) in [7, 11) is 0. The van der Waals surface area contributed by atoms with Crippen molar-refractivity contribution in [2.45, 2.75) is 25.3 Å². The maximum absolute atomic E-state index is 12.9. The summed E-state index contributed by atoms with van der Waals surface area (Å²) in [4.78, 5) is 25.6. The normalized spacial score (nSPS) is 17.0. The second-order valence-electron chi connectivity index (χ2n) is 5.95. The van der Waals surface area contributed by atoms with Gasteiger partial charge in [0, 0.05) is 17.1 Å². The van der Waals surface area contributed by atoms with Gasteiger partial charge in [-0.05, 0) is 42.2 Å². The van der Waals surface area contributed by atoms with E-state index < -0.39 is 5.97 Å². The molecule has 1 aliphatic heterocycles. The third kappa shape index (κ3) is 3.44. The van der Waals surface area contributed by atoms with Crippen molar-refractivity contribution in [2.75, 3.05) is 6.54 Å². The lowest BCUT2D eigenvalue weighted by Gasteiger charge is -2.26. The summed E-state index contributed by atoms with van der Waals surface area (Å²) in [6, 6.07) is 14.4. The van der Waals surface area contributed by atoms with Crippen LogP contribution in [0.4, 0.5) is 0 Å². The molecule has 3 rings (SSSR count). The Balaban J connectivity index is 1.86. The van der Waals surface area contributed by atoms with E-state index in [1.807, 2.05) is 29.2 Å². The zero-order valence-electron chi connectivity index (χ0n) is 13.1. The van der Waals surface area contributed by atoms with Gasteiger partial charge < -0.3 is 10.0 Å². The molecule has 2 aromatic carbocycles. The minimum Gasteiger partial charge on any atom is -0.481 e. The van der Waals surface area contributed by atoms with Gasteiger partial charge in [-0.15, -0.1) is 0 Å². The maximum Gasteiger partial charge on any atom is 0.307 e. The zero-order chi connectivity index (χ0) is 17.1. The van der Waals surface area contributed by atoms with E-state index in [1.165, 1.54) is 0 Å². The Kier molecular flexibility index (Phi) is 4.86. The number of likely N-dealkylation sites (tertiary alicyclic amines) is 1. The second-order valence-corrected chi connectivity index (χ2v) is 6.36. The predicted octanol–water partition coefficient (Wildman–Crippen LogP) is 3.94. The van der Waals surface area contributed by atoms with Gasteiger partial charge in [-0.1, -0.05) is 41.9 Å². The molecule has 5 heteroatoms. The first-order chi connectivity index (χ1) is 11.6. The monoisotopic (exact) mass is 343 g/mol. The Morgan fingerprint density at radius 3 is 2.71 bits per heavy atom. The summed E-state index contributed by atoms with van der Waals surface area (Å²) in [6.45, 7) is 0.678. The van der Waals surface area contributed by atoms with Gasteiger partial charge in [0.05, 0.1) is 12.5 Å². The van der Waals surface area contributed by atoms with Crippen LogP contribution in [0.2, 0.25) is 5.02 Å². The van der Waals surface area contributed by atoms with Crippen molar-refractivity contribution < 1.29 is 14.7 Å². The van der Waals surface area contributed by atoms with E-state index in [1.54, 1.807) is 24.3 Å². The van der Waals surface area contributed by atoms with Crippen LogP contribution in [0, 0.1) is 0 Å². The van der Waals surface area contributed by atoms with E-state index in [2.05, 4.69) is 0 Å². The van der Waals surface area contributed by atoms with E-state index in [-0.39, 0.29) is 18.4 Å². The first-order valence-electron chi connectivity index (χ1n) is 7.92. The summed E-state index contributed by atoms with van der Waals surface area (Å²) in [5.41, 5.74) is 2.11. The first kappa shape index (κ1) is 16.5. The smallest absolute Gasteiger partial charge is 0.307 e. The van der Waals surface area contributed by atoms with Crippen LogP contribution in [0.1, 0.15) is 40.4 Å². The molecule has 1 unspecified atom stereocenters. The number of carbonyl (C=O) groups is 2. The van der Waals surface area contributed by atoms with Crippen molar-refractivity contribution in [2.24, 2.45) is 0 Å². The highest BCUT2D eigenvalue weighted by molar-refractivity contribution is 6.31. The number of hydrogen-bond acceptors (Lipinski definition) is 2. The quantitative estimate of drug-likeness (QED) is 0.914. The predicted molar refractivity (Wildman–Crippen MR) is 92.2 cm³/mol. The standard InChI is InChI=1S/C19H18ClNO3/c20-16-8-2-1-7-15(16)17-9-4-10-21(17)19(24)14-6-3-5-13(11-14)12-18(22)23/h1-3,5-8,11,17H,4,9-10,12H2,(H,22,23). The summed E-state index contributed by atoms with van der Waals surface area (Å²) in [5, 5.41) is 9.59. The number of aliphatic carboxylic acids is 1. The molecule has 24 heavy (non-hydrogen) atoms. The molecule has 0 aliphatic carbocycles. The minimum atomic E-state index is -0.908. The van der Waals surface area contributed by atoms with Gasteiger partial charge >= 0.3 is 5.97 Å². The number of rotatable bonds is 4. The summed E-state index contributed by atoms with van der Waals surface area (Å²) in [6.07, 6.45) is 1.72. The van der Waals surface area contributed by atoms with Crippen LogP contribution in [0.25, 0.3) is 0 Å². The van der Waals surface area contributed by atoms with Gasteiger partial charge in [-0.25, -0.2) is 0 Å². The van der Waals surface area contributed by atoms with Crippen molar-refractivity contribution in [3.8, 4) is 0 Å². The van der Waals surface area contributed by atoms with Gasteiger partial charge in [0.1, 0.15) is 0 Å². The molecule has 1 aliphatic rings. The summed E-state index contributed by atoms with van der Waals surface area (Å²) in [5.74, 6) is -0.987. The number of nitrogens with zero attached hydrogens (tertiary/aromatic N) is 1. The van der Waals surface area contributed by atoms with E-state index in [9.17, 15) is 9.59 Å². The van der Waals surface area contributed by atoms with E-state index in [4.69, 9.17) is 16.7 Å². The van der Waals surface area contributed by atoms with Crippen LogP contribution < -0.4 is 0 Å². The number of hydrogen-bond donors (Lipinski definition) is 1. The molecule has 0 radical (unpaired) electrons. The van der Waals surface area contributed by atoms with E-state index >= 15 is 0 Å². The molecule has 4 nitrogen and oxygen atoms in total. The van der Waals surface area contributed by atoms with E-state index in [0.29, 0.717) is 22.7 Å². The fourth-order valence-corrected chi connectivity index (χ4v) is 3.49. The van der Waals surface area contributed by atoms with Crippen LogP contribution in [-0.2, 0) is 11.2 Å². The van der Waals surface area contributed by atoms with Gasteiger partial charge in [-0.3, -0.25) is 9.59 Å². The molecule has 0 bridgehead atoms. The lowest BCUT2D eigenvalue weighted by atomic mass is 10.0. The van der Waals surface area contributed by atoms with Crippen LogP contribution >= 0.6 is 11.6 Å². The van der Waals surface area contributed by atoms with Gasteiger partial charge in [0.15, 0.2) is 0 Å². The van der Waals surface area contributed by atoms with Crippen LogP contribution in [0.5, 0.6) is 0 Å². The molecule has 1 heterocycles. The zero-order valence-corrected chi connectivity index (χ0v) is 13.9. The highest BCUT2D eigenvalue weighted by atomic mass is 35.5. The second kappa shape index (κ2) is 7.05. The average molecular weight is 344 g/mol. The molecule has 1 fully saturated rings.